The fourth-order valence-corrected chi connectivity index (χ4v) is 5.18. The van der Waals surface area contributed by atoms with Crippen LogP contribution in [0.1, 0.15) is 56.2 Å². The Morgan fingerprint density at radius 2 is 1.96 bits per heavy atom. The summed E-state index contributed by atoms with van der Waals surface area (Å²) < 4.78 is 0. The number of fused-ring (bicyclic) bond motifs is 3. The summed E-state index contributed by atoms with van der Waals surface area (Å²) in [6.07, 6.45) is 5.91. The molecule has 3 N–H and O–H groups in total. The predicted molar refractivity (Wildman–Crippen MR) is 102 cm³/mol. The molecule has 3 atom stereocenters. The molecule has 0 saturated heterocycles. The van der Waals surface area contributed by atoms with Gasteiger partial charge in [0.1, 0.15) is 0 Å². The molecule has 2 saturated carbocycles. The maximum absolute atomic E-state index is 12.8. The number of hydrogen-bond acceptors (Lipinski definition) is 3. The fourth-order valence-electron chi connectivity index (χ4n) is 5.18. The lowest BCUT2D eigenvalue weighted by Gasteiger charge is -2.43. The standard InChI is InChI=1S/C21H29N3O2/c1-12(13-6-7-18-16(8-13)11-19(25)24(18)2)23-21(26)17-9-14-4-3-5-15(10-17)20(14)22/h6-8,12,14-15,17,20H,3-5,9-11,22H2,1-2H3,(H,23,26). The highest BCUT2D eigenvalue weighted by atomic mass is 16.2. The molecule has 2 aliphatic carbocycles. The molecule has 0 aromatic heterocycles. The molecule has 4 rings (SSSR count). The first kappa shape index (κ1) is 17.5. The van der Waals surface area contributed by atoms with Crippen molar-refractivity contribution in [3.05, 3.63) is 29.3 Å². The normalized spacial score (nSPS) is 31.5. The van der Waals surface area contributed by atoms with Gasteiger partial charge in [-0.25, -0.2) is 0 Å². The SMILES string of the molecule is CC(NC(=O)C1CC2CCCC(C1)C2N)c1ccc2c(c1)CC(=O)N2C. The van der Waals surface area contributed by atoms with Gasteiger partial charge in [-0.05, 0) is 61.6 Å². The lowest BCUT2D eigenvalue weighted by molar-refractivity contribution is -0.128. The monoisotopic (exact) mass is 355 g/mol. The van der Waals surface area contributed by atoms with E-state index in [0.717, 1.165) is 29.7 Å². The Morgan fingerprint density at radius 3 is 2.65 bits per heavy atom. The Labute approximate surface area is 155 Å². The molecule has 3 unspecified atom stereocenters. The molecule has 1 aromatic carbocycles. The first-order valence-electron chi connectivity index (χ1n) is 9.89. The second-order valence-electron chi connectivity index (χ2n) is 8.44. The van der Waals surface area contributed by atoms with Crippen molar-refractivity contribution in [2.24, 2.45) is 23.5 Å². The van der Waals surface area contributed by atoms with Crippen molar-refractivity contribution in [3.63, 3.8) is 0 Å². The largest absolute Gasteiger partial charge is 0.349 e. The Kier molecular flexibility index (Phi) is 4.51. The molecular formula is C21H29N3O2. The summed E-state index contributed by atoms with van der Waals surface area (Å²) in [6, 6.07) is 6.31. The molecule has 5 nitrogen and oxygen atoms in total. The van der Waals surface area contributed by atoms with Gasteiger partial charge in [-0.15, -0.1) is 0 Å². The van der Waals surface area contributed by atoms with Gasteiger partial charge < -0.3 is 16.0 Å². The fraction of sp³-hybridized carbons (Fsp3) is 0.619. The Morgan fingerprint density at radius 1 is 1.27 bits per heavy atom. The summed E-state index contributed by atoms with van der Waals surface area (Å²) in [6.45, 7) is 2.02. The molecule has 1 aromatic rings. The second kappa shape index (κ2) is 6.69. The number of nitrogens with one attached hydrogen (secondary N) is 1. The van der Waals surface area contributed by atoms with Crippen LogP contribution in [-0.4, -0.2) is 24.9 Å². The maximum Gasteiger partial charge on any atom is 0.231 e. The van der Waals surface area contributed by atoms with E-state index >= 15 is 0 Å². The number of likely N-dealkylation sites (N-methyl/N-ethyl adjacent to an activating group) is 1. The first-order valence-corrected chi connectivity index (χ1v) is 9.89. The molecule has 0 spiro atoms. The predicted octanol–water partition coefficient (Wildman–Crippen LogP) is 2.54. The highest BCUT2D eigenvalue weighted by Gasteiger charge is 2.40. The third-order valence-electron chi connectivity index (χ3n) is 6.82. The Hall–Kier alpha value is -1.88. The third-order valence-corrected chi connectivity index (χ3v) is 6.82. The molecule has 140 valence electrons. The van der Waals surface area contributed by atoms with Crippen LogP contribution in [0.15, 0.2) is 18.2 Å². The third kappa shape index (κ3) is 3.02. The van der Waals surface area contributed by atoms with E-state index in [2.05, 4.69) is 11.4 Å². The van der Waals surface area contributed by atoms with Gasteiger partial charge in [0, 0.05) is 24.7 Å². The zero-order valence-corrected chi connectivity index (χ0v) is 15.7. The minimum absolute atomic E-state index is 0.0516. The number of rotatable bonds is 3. The van der Waals surface area contributed by atoms with Crippen LogP contribution < -0.4 is 16.0 Å². The molecular weight excluding hydrogens is 326 g/mol. The minimum Gasteiger partial charge on any atom is -0.349 e. The highest BCUT2D eigenvalue weighted by molar-refractivity contribution is 6.00. The van der Waals surface area contributed by atoms with Crippen molar-refractivity contribution in [2.45, 2.75) is 57.5 Å². The molecule has 2 fully saturated rings. The summed E-state index contributed by atoms with van der Waals surface area (Å²) >= 11 is 0. The van der Waals surface area contributed by atoms with Crippen LogP contribution in [0.3, 0.4) is 0 Å². The van der Waals surface area contributed by atoms with Gasteiger partial charge in [0.05, 0.1) is 12.5 Å². The molecule has 26 heavy (non-hydrogen) atoms. The number of carbonyl (C=O) groups is 2. The molecule has 1 heterocycles. The smallest absolute Gasteiger partial charge is 0.231 e. The zero-order chi connectivity index (χ0) is 18.4. The van der Waals surface area contributed by atoms with Crippen LogP contribution in [0.4, 0.5) is 5.69 Å². The molecule has 1 aliphatic heterocycles. The number of anilines is 1. The van der Waals surface area contributed by atoms with E-state index in [4.69, 9.17) is 5.73 Å². The summed E-state index contributed by atoms with van der Waals surface area (Å²) in [5.41, 5.74) is 9.44. The maximum atomic E-state index is 12.8. The van der Waals surface area contributed by atoms with Crippen LogP contribution >= 0.6 is 0 Å². The Balaban J connectivity index is 1.42. The van der Waals surface area contributed by atoms with Crippen molar-refractivity contribution in [1.82, 2.24) is 5.32 Å². The Bertz CT molecular complexity index is 718. The van der Waals surface area contributed by atoms with Crippen LogP contribution in [0, 0.1) is 17.8 Å². The van der Waals surface area contributed by atoms with Gasteiger partial charge in [0.15, 0.2) is 0 Å². The van der Waals surface area contributed by atoms with Crippen LogP contribution in [-0.2, 0) is 16.0 Å². The van der Waals surface area contributed by atoms with E-state index in [1.165, 1.54) is 19.3 Å². The lowest BCUT2D eigenvalue weighted by atomic mass is 9.65. The molecule has 3 aliphatic rings. The highest BCUT2D eigenvalue weighted by Crippen LogP contribution is 2.42. The number of benzene rings is 1. The van der Waals surface area contributed by atoms with Gasteiger partial charge in [-0.1, -0.05) is 18.6 Å². The summed E-state index contributed by atoms with van der Waals surface area (Å²) in [7, 11) is 1.81. The van der Waals surface area contributed by atoms with Crippen LogP contribution in [0.5, 0.6) is 0 Å². The quantitative estimate of drug-likeness (QED) is 0.875. The van der Waals surface area contributed by atoms with E-state index < -0.39 is 0 Å². The van der Waals surface area contributed by atoms with Crippen LogP contribution in [0.25, 0.3) is 0 Å². The number of carbonyl (C=O) groups excluding carboxylic acids is 2. The molecule has 0 radical (unpaired) electrons. The molecule has 2 amide bonds. The topological polar surface area (TPSA) is 75.4 Å². The van der Waals surface area contributed by atoms with Gasteiger partial charge in [0.2, 0.25) is 11.8 Å². The van der Waals surface area contributed by atoms with E-state index in [0.29, 0.717) is 18.3 Å². The van der Waals surface area contributed by atoms with E-state index in [-0.39, 0.29) is 29.8 Å². The lowest BCUT2D eigenvalue weighted by Crippen LogP contribution is -2.49. The summed E-state index contributed by atoms with van der Waals surface area (Å²) in [5, 5.41) is 3.21. The van der Waals surface area contributed by atoms with Crippen molar-refractivity contribution < 1.29 is 9.59 Å². The van der Waals surface area contributed by atoms with Crippen molar-refractivity contribution in [3.8, 4) is 0 Å². The van der Waals surface area contributed by atoms with Gasteiger partial charge in [0.25, 0.3) is 0 Å². The number of hydrogen-bond donors (Lipinski definition) is 2. The van der Waals surface area contributed by atoms with Crippen molar-refractivity contribution in [2.75, 3.05) is 11.9 Å². The van der Waals surface area contributed by atoms with Crippen molar-refractivity contribution in [1.29, 1.82) is 0 Å². The zero-order valence-electron chi connectivity index (χ0n) is 15.7. The number of nitrogens with zero attached hydrogens (tertiary/aromatic N) is 1. The average molecular weight is 355 g/mol. The van der Waals surface area contributed by atoms with E-state index in [1.807, 2.05) is 26.1 Å². The van der Waals surface area contributed by atoms with E-state index in [1.54, 1.807) is 4.90 Å². The number of amides is 2. The van der Waals surface area contributed by atoms with Crippen molar-refractivity contribution >= 4 is 17.5 Å². The van der Waals surface area contributed by atoms with E-state index in [9.17, 15) is 9.59 Å². The second-order valence-corrected chi connectivity index (χ2v) is 8.44. The molecule has 2 bridgehead atoms. The molecule has 5 heteroatoms. The first-order chi connectivity index (χ1) is 12.4. The average Bonchev–Trinajstić information content (AvgIpc) is 2.88. The summed E-state index contributed by atoms with van der Waals surface area (Å²) in [4.78, 5) is 26.4. The summed E-state index contributed by atoms with van der Waals surface area (Å²) in [5.74, 6) is 1.40. The minimum atomic E-state index is -0.0516. The number of nitrogens with two attached hydrogens (primary N) is 1. The van der Waals surface area contributed by atoms with Gasteiger partial charge in [-0.3, -0.25) is 9.59 Å². The van der Waals surface area contributed by atoms with Crippen LogP contribution in [0.2, 0.25) is 0 Å². The van der Waals surface area contributed by atoms with Gasteiger partial charge >= 0.3 is 0 Å². The van der Waals surface area contributed by atoms with Gasteiger partial charge in [-0.2, -0.15) is 0 Å².